The van der Waals surface area contributed by atoms with Crippen LogP contribution in [0.25, 0.3) is 5.69 Å². The highest BCUT2D eigenvalue weighted by Crippen LogP contribution is 2.09. The summed E-state index contributed by atoms with van der Waals surface area (Å²) < 4.78 is 29.3. The Hall–Kier alpha value is -2.39. The first-order valence-electron chi connectivity index (χ1n) is 8.65. The molecule has 0 bridgehead atoms. The normalized spacial score (nSPS) is 12.2. The molecule has 8 nitrogen and oxygen atoms in total. The molecule has 1 heterocycles. The summed E-state index contributed by atoms with van der Waals surface area (Å²) in [6.45, 7) is 1.81. The summed E-state index contributed by atoms with van der Waals surface area (Å²) in [6, 6.07) is 9.94. The van der Waals surface area contributed by atoms with Crippen LogP contribution in [0.4, 0.5) is 0 Å². The van der Waals surface area contributed by atoms with Crippen molar-refractivity contribution in [1.82, 2.24) is 20.0 Å². The van der Waals surface area contributed by atoms with Gasteiger partial charge in [-0.05, 0) is 12.1 Å². The number of guanidine groups is 1. The topological polar surface area (TPSA) is 88.8 Å². The first kappa shape index (κ1) is 20.9. The summed E-state index contributed by atoms with van der Waals surface area (Å²) in [4.78, 5) is 6.25. The summed E-state index contributed by atoms with van der Waals surface area (Å²) in [5, 5.41) is 7.60. The van der Waals surface area contributed by atoms with Gasteiger partial charge in [0.15, 0.2) is 5.96 Å². The molecule has 9 heteroatoms. The van der Waals surface area contributed by atoms with E-state index in [1.165, 1.54) is 6.26 Å². The third-order valence-corrected chi connectivity index (χ3v) is 4.69. The quantitative estimate of drug-likeness (QED) is 0.388. The van der Waals surface area contributed by atoms with E-state index in [0.717, 1.165) is 17.2 Å². The number of para-hydroxylation sites is 1. The van der Waals surface area contributed by atoms with Gasteiger partial charge in [0.2, 0.25) is 0 Å². The summed E-state index contributed by atoms with van der Waals surface area (Å²) in [5.74, 6) is 0.765. The van der Waals surface area contributed by atoms with Crippen molar-refractivity contribution >= 4 is 15.8 Å². The van der Waals surface area contributed by atoms with Gasteiger partial charge >= 0.3 is 0 Å². The largest absolute Gasteiger partial charge is 0.379 e. The third kappa shape index (κ3) is 7.40. The van der Waals surface area contributed by atoms with E-state index in [4.69, 9.17) is 4.74 Å². The Balaban J connectivity index is 1.78. The zero-order chi connectivity index (χ0) is 19.7. The van der Waals surface area contributed by atoms with E-state index in [1.807, 2.05) is 59.4 Å². The molecule has 0 unspecified atom stereocenters. The Kier molecular flexibility index (Phi) is 7.81. The molecule has 2 aromatic rings. The van der Waals surface area contributed by atoms with Crippen molar-refractivity contribution < 1.29 is 13.2 Å². The maximum atomic E-state index is 11.0. The van der Waals surface area contributed by atoms with Crippen LogP contribution < -0.4 is 5.32 Å². The molecular formula is C18H27N5O3S. The molecule has 1 aromatic carbocycles. The molecule has 27 heavy (non-hydrogen) atoms. The molecule has 0 aliphatic carbocycles. The second-order valence-corrected chi connectivity index (χ2v) is 8.46. The monoisotopic (exact) mass is 393 g/mol. The van der Waals surface area contributed by atoms with Crippen LogP contribution in [-0.4, -0.2) is 74.9 Å². The lowest BCUT2D eigenvalue weighted by molar-refractivity contribution is 0.153. The molecule has 148 valence electrons. The standard InChI is InChI=1S/C18H27N5O3S/c1-19-18(20-9-10-26-11-12-27(3,24)25)22(2)14-16-13-21-23(15-16)17-7-5-4-6-8-17/h4-8,13,15H,9-12,14H2,1-3H3,(H,19,20). The van der Waals surface area contributed by atoms with Crippen LogP contribution in [0.3, 0.4) is 0 Å². The zero-order valence-corrected chi connectivity index (χ0v) is 16.8. The van der Waals surface area contributed by atoms with E-state index in [9.17, 15) is 8.42 Å². The number of nitrogens with zero attached hydrogens (tertiary/aromatic N) is 4. The number of nitrogens with one attached hydrogen (secondary N) is 1. The predicted octanol–water partition coefficient (Wildman–Crippen LogP) is 0.941. The fourth-order valence-electron chi connectivity index (χ4n) is 2.44. The lowest BCUT2D eigenvalue weighted by Gasteiger charge is -2.21. The van der Waals surface area contributed by atoms with Crippen LogP contribution in [0.5, 0.6) is 0 Å². The third-order valence-electron chi connectivity index (χ3n) is 3.78. The first-order chi connectivity index (χ1) is 12.9. The highest BCUT2D eigenvalue weighted by Gasteiger charge is 2.09. The van der Waals surface area contributed by atoms with Gasteiger partial charge in [0.1, 0.15) is 9.84 Å². The summed E-state index contributed by atoms with van der Waals surface area (Å²) in [5.41, 5.74) is 2.08. The minimum Gasteiger partial charge on any atom is -0.379 e. The molecule has 0 saturated carbocycles. The average Bonchev–Trinajstić information content (AvgIpc) is 3.09. The molecule has 0 aliphatic heterocycles. The zero-order valence-electron chi connectivity index (χ0n) is 16.0. The van der Waals surface area contributed by atoms with Crippen LogP contribution in [0.15, 0.2) is 47.7 Å². The van der Waals surface area contributed by atoms with E-state index >= 15 is 0 Å². The molecular weight excluding hydrogens is 366 g/mol. The minimum absolute atomic E-state index is 0.0348. The molecule has 0 radical (unpaired) electrons. The second kappa shape index (κ2) is 10.1. The summed E-state index contributed by atoms with van der Waals surface area (Å²) in [7, 11) is 0.679. The van der Waals surface area contributed by atoms with Gasteiger partial charge in [-0.1, -0.05) is 18.2 Å². The fraction of sp³-hybridized carbons (Fsp3) is 0.444. The van der Waals surface area contributed by atoms with Gasteiger partial charge in [0.25, 0.3) is 0 Å². The predicted molar refractivity (Wildman–Crippen MR) is 107 cm³/mol. The van der Waals surface area contributed by atoms with Crippen LogP contribution in [0, 0.1) is 0 Å². The Morgan fingerprint density at radius 1 is 1.30 bits per heavy atom. The number of hydrogen-bond donors (Lipinski definition) is 1. The SMILES string of the molecule is CN=C(NCCOCCS(C)(=O)=O)N(C)Cc1cnn(-c2ccccc2)c1. The molecule has 1 aromatic heterocycles. The Morgan fingerprint density at radius 3 is 2.70 bits per heavy atom. The van der Waals surface area contributed by atoms with Gasteiger partial charge in [-0.3, -0.25) is 4.99 Å². The molecule has 0 aliphatic rings. The number of hydrogen-bond acceptors (Lipinski definition) is 5. The maximum absolute atomic E-state index is 11.0. The molecule has 0 amide bonds. The van der Waals surface area contributed by atoms with E-state index in [0.29, 0.717) is 19.7 Å². The molecule has 2 rings (SSSR count). The van der Waals surface area contributed by atoms with E-state index < -0.39 is 9.84 Å². The average molecular weight is 394 g/mol. The van der Waals surface area contributed by atoms with Gasteiger partial charge in [0, 0.05) is 45.2 Å². The van der Waals surface area contributed by atoms with Crippen molar-refractivity contribution in [3.05, 3.63) is 48.3 Å². The van der Waals surface area contributed by atoms with Crippen molar-refractivity contribution in [1.29, 1.82) is 0 Å². The van der Waals surface area contributed by atoms with Gasteiger partial charge < -0.3 is 15.0 Å². The second-order valence-electron chi connectivity index (χ2n) is 6.20. The molecule has 0 fully saturated rings. The highest BCUT2D eigenvalue weighted by molar-refractivity contribution is 7.90. The van der Waals surface area contributed by atoms with Crippen LogP contribution in [-0.2, 0) is 21.1 Å². The van der Waals surface area contributed by atoms with Crippen molar-refractivity contribution in [3.8, 4) is 5.69 Å². The molecule has 1 N–H and O–H groups in total. The Labute approximate surface area is 160 Å². The maximum Gasteiger partial charge on any atom is 0.193 e. The van der Waals surface area contributed by atoms with Crippen molar-refractivity contribution in [2.24, 2.45) is 4.99 Å². The van der Waals surface area contributed by atoms with Crippen molar-refractivity contribution in [3.63, 3.8) is 0 Å². The Bertz CT molecular complexity index is 834. The lowest BCUT2D eigenvalue weighted by atomic mass is 10.3. The van der Waals surface area contributed by atoms with Crippen LogP contribution >= 0.6 is 0 Å². The van der Waals surface area contributed by atoms with Gasteiger partial charge in [-0.2, -0.15) is 5.10 Å². The van der Waals surface area contributed by atoms with Gasteiger partial charge in [-0.15, -0.1) is 0 Å². The number of aromatic nitrogens is 2. The van der Waals surface area contributed by atoms with Crippen molar-refractivity contribution in [2.75, 3.05) is 45.9 Å². The fourth-order valence-corrected chi connectivity index (χ4v) is 2.87. The van der Waals surface area contributed by atoms with Gasteiger partial charge in [-0.25, -0.2) is 13.1 Å². The Morgan fingerprint density at radius 2 is 2.04 bits per heavy atom. The van der Waals surface area contributed by atoms with Crippen molar-refractivity contribution in [2.45, 2.75) is 6.54 Å². The van der Waals surface area contributed by atoms with E-state index in [1.54, 1.807) is 7.05 Å². The number of aliphatic imine (C=N–C) groups is 1. The van der Waals surface area contributed by atoms with Crippen LogP contribution in [0.1, 0.15) is 5.56 Å². The number of ether oxygens (including phenoxy) is 1. The van der Waals surface area contributed by atoms with E-state index in [-0.39, 0.29) is 12.4 Å². The molecule has 0 spiro atoms. The van der Waals surface area contributed by atoms with Crippen LogP contribution in [0.2, 0.25) is 0 Å². The summed E-state index contributed by atoms with van der Waals surface area (Å²) >= 11 is 0. The highest BCUT2D eigenvalue weighted by atomic mass is 32.2. The molecule has 0 saturated heterocycles. The lowest BCUT2D eigenvalue weighted by Crippen LogP contribution is -2.40. The van der Waals surface area contributed by atoms with Gasteiger partial charge in [0.05, 0.1) is 30.9 Å². The minimum atomic E-state index is -2.98. The number of rotatable bonds is 9. The smallest absolute Gasteiger partial charge is 0.193 e. The first-order valence-corrected chi connectivity index (χ1v) is 10.7. The molecule has 0 atom stereocenters. The van der Waals surface area contributed by atoms with E-state index in [2.05, 4.69) is 15.4 Å². The summed E-state index contributed by atoms with van der Waals surface area (Å²) in [6.07, 6.45) is 5.03. The number of benzene rings is 1. The number of sulfone groups is 1.